The summed E-state index contributed by atoms with van der Waals surface area (Å²) in [7, 11) is 1.70. The zero-order valence-electron chi connectivity index (χ0n) is 13.3. The number of hydrogen-bond donors (Lipinski definition) is 1. The first kappa shape index (κ1) is 17.0. The summed E-state index contributed by atoms with van der Waals surface area (Å²) >= 11 is 0. The first-order chi connectivity index (χ1) is 9.67. The third-order valence-corrected chi connectivity index (χ3v) is 3.26. The molecule has 0 aliphatic rings. The largest absolute Gasteiger partial charge is 0.497 e. The van der Waals surface area contributed by atoms with Gasteiger partial charge in [-0.05, 0) is 43.0 Å². The lowest BCUT2D eigenvalue weighted by atomic mass is 10.1. The predicted molar refractivity (Wildman–Crippen MR) is 84.3 cm³/mol. The summed E-state index contributed by atoms with van der Waals surface area (Å²) < 4.78 is 11.1. The van der Waals surface area contributed by atoms with Gasteiger partial charge < -0.3 is 14.8 Å². The molecule has 1 aromatic carbocycles. The standard InChI is InChI=1S/C17H29NO2/c1-5-10-18-17(13-20-11-9-14(2)3)15-7-6-8-16(12-15)19-4/h6-8,12,14,17-18H,5,9-11,13H2,1-4H3. The van der Waals surface area contributed by atoms with Crippen LogP contribution in [0.25, 0.3) is 0 Å². The van der Waals surface area contributed by atoms with Crippen molar-refractivity contribution in [3.8, 4) is 5.75 Å². The molecule has 1 atom stereocenters. The minimum atomic E-state index is 0.234. The molecular weight excluding hydrogens is 250 g/mol. The van der Waals surface area contributed by atoms with Crippen LogP contribution in [0.4, 0.5) is 0 Å². The summed E-state index contributed by atoms with van der Waals surface area (Å²) in [6, 6.07) is 8.45. The van der Waals surface area contributed by atoms with Crippen molar-refractivity contribution in [2.75, 3.05) is 26.9 Å². The fraction of sp³-hybridized carbons (Fsp3) is 0.647. The molecule has 20 heavy (non-hydrogen) atoms. The van der Waals surface area contributed by atoms with Gasteiger partial charge in [0.2, 0.25) is 0 Å². The Morgan fingerprint density at radius 3 is 2.70 bits per heavy atom. The zero-order valence-corrected chi connectivity index (χ0v) is 13.3. The highest BCUT2D eigenvalue weighted by Gasteiger charge is 2.11. The molecule has 1 unspecified atom stereocenters. The van der Waals surface area contributed by atoms with E-state index in [1.165, 1.54) is 5.56 Å². The fourth-order valence-electron chi connectivity index (χ4n) is 1.97. The number of benzene rings is 1. The van der Waals surface area contributed by atoms with Gasteiger partial charge in [-0.1, -0.05) is 32.9 Å². The topological polar surface area (TPSA) is 30.5 Å². The van der Waals surface area contributed by atoms with E-state index < -0.39 is 0 Å². The van der Waals surface area contributed by atoms with Crippen LogP contribution in [0.1, 0.15) is 45.2 Å². The maximum atomic E-state index is 5.83. The fourth-order valence-corrected chi connectivity index (χ4v) is 1.97. The summed E-state index contributed by atoms with van der Waals surface area (Å²) in [5.41, 5.74) is 1.22. The SMILES string of the molecule is CCCNC(COCCC(C)C)c1cccc(OC)c1. The highest BCUT2D eigenvalue weighted by molar-refractivity contribution is 5.30. The summed E-state index contributed by atoms with van der Waals surface area (Å²) in [5.74, 6) is 1.59. The van der Waals surface area contributed by atoms with Crippen LogP contribution < -0.4 is 10.1 Å². The second-order valence-electron chi connectivity index (χ2n) is 5.54. The van der Waals surface area contributed by atoms with Crippen LogP contribution >= 0.6 is 0 Å². The number of nitrogens with one attached hydrogen (secondary N) is 1. The van der Waals surface area contributed by atoms with E-state index in [9.17, 15) is 0 Å². The molecule has 1 aromatic rings. The van der Waals surface area contributed by atoms with Crippen molar-refractivity contribution in [2.45, 2.75) is 39.7 Å². The van der Waals surface area contributed by atoms with Gasteiger partial charge in [0.1, 0.15) is 5.75 Å². The maximum absolute atomic E-state index is 5.83. The molecule has 0 heterocycles. The van der Waals surface area contributed by atoms with Gasteiger partial charge in [0.05, 0.1) is 19.8 Å². The molecule has 0 bridgehead atoms. The molecule has 0 aliphatic heterocycles. The van der Waals surface area contributed by atoms with Gasteiger partial charge in [-0.2, -0.15) is 0 Å². The van der Waals surface area contributed by atoms with Crippen LogP contribution in [0, 0.1) is 5.92 Å². The Labute approximate surface area is 123 Å². The average Bonchev–Trinajstić information content (AvgIpc) is 2.46. The molecule has 3 heteroatoms. The Kier molecular flexibility index (Phi) is 8.31. The monoisotopic (exact) mass is 279 g/mol. The molecule has 0 saturated carbocycles. The summed E-state index contributed by atoms with van der Waals surface area (Å²) in [6.07, 6.45) is 2.23. The third-order valence-electron chi connectivity index (χ3n) is 3.26. The highest BCUT2D eigenvalue weighted by Crippen LogP contribution is 2.19. The number of rotatable bonds is 10. The molecule has 0 aromatic heterocycles. The zero-order chi connectivity index (χ0) is 14.8. The van der Waals surface area contributed by atoms with E-state index in [0.717, 1.165) is 31.7 Å². The average molecular weight is 279 g/mol. The van der Waals surface area contributed by atoms with Crippen molar-refractivity contribution in [2.24, 2.45) is 5.92 Å². The van der Waals surface area contributed by atoms with Crippen molar-refractivity contribution in [3.05, 3.63) is 29.8 Å². The van der Waals surface area contributed by atoms with E-state index >= 15 is 0 Å². The van der Waals surface area contributed by atoms with Gasteiger partial charge >= 0.3 is 0 Å². The normalized spacial score (nSPS) is 12.7. The van der Waals surface area contributed by atoms with Crippen molar-refractivity contribution in [1.82, 2.24) is 5.32 Å². The van der Waals surface area contributed by atoms with Gasteiger partial charge in [-0.15, -0.1) is 0 Å². The maximum Gasteiger partial charge on any atom is 0.119 e. The first-order valence-corrected chi connectivity index (χ1v) is 7.62. The summed E-state index contributed by atoms with van der Waals surface area (Å²) in [6.45, 7) is 9.15. The molecule has 1 rings (SSSR count). The molecule has 1 N–H and O–H groups in total. The Morgan fingerprint density at radius 1 is 1.25 bits per heavy atom. The van der Waals surface area contributed by atoms with Crippen LogP contribution in [-0.2, 0) is 4.74 Å². The molecule has 3 nitrogen and oxygen atoms in total. The Morgan fingerprint density at radius 2 is 2.05 bits per heavy atom. The summed E-state index contributed by atoms with van der Waals surface area (Å²) in [4.78, 5) is 0. The lowest BCUT2D eigenvalue weighted by molar-refractivity contribution is 0.102. The van der Waals surface area contributed by atoms with E-state index in [1.54, 1.807) is 7.11 Å². The van der Waals surface area contributed by atoms with Crippen LogP contribution in [0.15, 0.2) is 24.3 Å². The molecule has 0 aliphatic carbocycles. The first-order valence-electron chi connectivity index (χ1n) is 7.62. The van der Waals surface area contributed by atoms with Gasteiger partial charge in [0, 0.05) is 6.61 Å². The van der Waals surface area contributed by atoms with Gasteiger partial charge in [-0.25, -0.2) is 0 Å². The molecule has 0 amide bonds. The van der Waals surface area contributed by atoms with Crippen LogP contribution in [0.2, 0.25) is 0 Å². The molecule has 114 valence electrons. The van der Waals surface area contributed by atoms with E-state index in [1.807, 2.05) is 12.1 Å². The van der Waals surface area contributed by atoms with E-state index in [4.69, 9.17) is 9.47 Å². The molecule has 0 spiro atoms. The Hall–Kier alpha value is -1.06. The van der Waals surface area contributed by atoms with E-state index in [-0.39, 0.29) is 6.04 Å². The Balaban J connectivity index is 2.57. The third kappa shape index (κ3) is 6.40. The smallest absolute Gasteiger partial charge is 0.119 e. The van der Waals surface area contributed by atoms with Crippen molar-refractivity contribution < 1.29 is 9.47 Å². The van der Waals surface area contributed by atoms with E-state index in [2.05, 4.69) is 38.2 Å². The second-order valence-corrected chi connectivity index (χ2v) is 5.54. The molecule has 0 fully saturated rings. The number of hydrogen-bond acceptors (Lipinski definition) is 3. The van der Waals surface area contributed by atoms with Gasteiger partial charge in [-0.3, -0.25) is 0 Å². The Bertz CT molecular complexity index is 366. The molecular formula is C17H29NO2. The minimum absolute atomic E-state index is 0.234. The van der Waals surface area contributed by atoms with Gasteiger partial charge in [0.15, 0.2) is 0 Å². The van der Waals surface area contributed by atoms with Gasteiger partial charge in [0.25, 0.3) is 0 Å². The minimum Gasteiger partial charge on any atom is -0.497 e. The van der Waals surface area contributed by atoms with Crippen molar-refractivity contribution in [3.63, 3.8) is 0 Å². The molecule has 0 saturated heterocycles. The number of methoxy groups -OCH3 is 1. The van der Waals surface area contributed by atoms with Crippen LogP contribution in [0.5, 0.6) is 5.75 Å². The second kappa shape index (κ2) is 9.78. The van der Waals surface area contributed by atoms with Crippen LogP contribution in [0.3, 0.4) is 0 Å². The molecule has 0 radical (unpaired) electrons. The predicted octanol–water partition coefficient (Wildman–Crippen LogP) is 3.80. The quantitative estimate of drug-likeness (QED) is 0.661. The van der Waals surface area contributed by atoms with Crippen LogP contribution in [-0.4, -0.2) is 26.9 Å². The lowest BCUT2D eigenvalue weighted by Crippen LogP contribution is -2.26. The number of ether oxygens (including phenoxy) is 2. The lowest BCUT2D eigenvalue weighted by Gasteiger charge is -2.20. The van der Waals surface area contributed by atoms with Crippen molar-refractivity contribution in [1.29, 1.82) is 0 Å². The summed E-state index contributed by atoms with van der Waals surface area (Å²) in [5, 5.41) is 3.54. The van der Waals surface area contributed by atoms with Crippen molar-refractivity contribution >= 4 is 0 Å². The van der Waals surface area contributed by atoms with E-state index in [0.29, 0.717) is 12.5 Å². The highest BCUT2D eigenvalue weighted by atomic mass is 16.5.